The minimum absolute atomic E-state index is 0.211. The van der Waals surface area contributed by atoms with Crippen molar-refractivity contribution in [3.8, 4) is 6.08 Å². The zero-order valence-corrected chi connectivity index (χ0v) is 7.31. The Labute approximate surface area is 82.5 Å². The van der Waals surface area contributed by atoms with E-state index < -0.39 is 12.7 Å². The Morgan fingerprint density at radius 1 is 1.47 bits per heavy atom. The van der Waals surface area contributed by atoms with Gasteiger partial charge in [-0.05, 0) is 12.1 Å². The van der Waals surface area contributed by atoms with Crippen molar-refractivity contribution in [3.05, 3.63) is 23.8 Å². The fourth-order valence-corrected chi connectivity index (χ4v) is 1.17. The third-order valence-electron chi connectivity index (χ3n) is 1.75. The van der Waals surface area contributed by atoms with Gasteiger partial charge in [-0.15, -0.1) is 0 Å². The summed E-state index contributed by atoms with van der Waals surface area (Å²) in [6.45, 7) is -3.00. The molecule has 0 saturated carbocycles. The van der Waals surface area contributed by atoms with Gasteiger partial charge in [-0.3, -0.25) is 4.79 Å². The first-order valence-corrected chi connectivity index (χ1v) is 4.00. The Morgan fingerprint density at radius 2 is 2.27 bits per heavy atom. The number of oxazole rings is 1. The molecule has 0 bridgehead atoms. The summed E-state index contributed by atoms with van der Waals surface area (Å²) in [5, 5.41) is 0. The van der Waals surface area contributed by atoms with Crippen molar-refractivity contribution in [1.82, 2.24) is 4.98 Å². The van der Waals surface area contributed by atoms with Crippen LogP contribution in [0.3, 0.4) is 0 Å². The summed E-state index contributed by atoms with van der Waals surface area (Å²) in [5.41, 5.74) is 0.707. The van der Waals surface area contributed by atoms with Crippen LogP contribution in [0, 0.1) is 0 Å². The van der Waals surface area contributed by atoms with Gasteiger partial charge in [0.1, 0.15) is 5.52 Å². The molecule has 0 unspecified atom stereocenters. The molecule has 2 rings (SSSR count). The number of hydrogen-bond donors (Lipinski definition) is 0. The minimum Gasteiger partial charge on any atom is -0.409 e. The quantitative estimate of drug-likeness (QED) is 0.733. The Bertz CT molecular complexity index is 495. The molecule has 6 heteroatoms. The van der Waals surface area contributed by atoms with Gasteiger partial charge in [0.05, 0.1) is 0 Å². The SMILES string of the molecule is O=Cc1cccc2oc(OC(F)F)nc12. The average molecular weight is 213 g/mol. The summed E-state index contributed by atoms with van der Waals surface area (Å²) >= 11 is 0. The predicted octanol–water partition coefficient (Wildman–Crippen LogP) is 2.24. The van der Waals surface area contributed by atoms with Crippen molar-refractivity contribution >= 4 is 17.4 Å². The number of carbonyl (C=O) groups excluding carboxylic acids is 1. The molecule has 0 spiro atoms. The van der Waals surface area contributed by atoms with Crippen LogP contribution in [0.2, 0.25) is 0 Å². The van der Waals surface area contributed by atoms with E-state index in [-0.39, 0.29) is 16.7 Å². The highest BCUT2D eigenvalue weighted by Crippen LogP contribution is 2.23. The summed E-state index contributed by atoms with van der Waals surface area (Å²) in [7, 11) is 0. The van der Waals surface area contributed by atoms with E-state index in [9.17, 15) is 13.6 Å². The third-order valence-corrected chi connectivity index (χ3v) is 1.75. The molecule has 78 valence electrons. The van der Waals surface area contributed by atoms with Crippen molar-refractivity contribution in [3.63, 3.8) is 0 Å². The van der Waals surface area contributed by atoms with Gasteiger partial charge in [0, 0.05) is 5.56 Å². The zero-order chi connectivity index (χ0) is 10.8. The number of para-hydroxylation sites is 1. The predicted molar refractivity (Wildman–Crippen MR) is 46.0 cm³/mol. The van der Waals surface area contributed by atoms with E-state index in [0.29, 0.717) is 6.29 Å². The molecule has 0 radical (unpaired) electrons. The maximum atomic E-state index is 11.8. The van der Waals surface area contributed by atoms with Gasteiger partial charge in [-0.25, -0.2) is 0 Å². The van der Waals surface area contributed by atoms with E-state index in [4.69, 9.17) is 4.42 Å². The maximum absolute atomic E-state index is 11.8. The standard InChI is InChI=1S/C9H5F2NO3/c10-8(11)15-9-12-7-5(4-13)2-1-3-6(7)14-9/h1-4,8H. The Balaban J connectivity index is 2.50. The van der Waals surface area contributed by atoms with E-state index >= 15 is 0 Å². The van der Waals surface area contributed by atoms with Crippen molar-refractivity contribution in [2.45, 2.75) is 6.61 Å². The summed E-state index contributed by atoms with van der Waals surface area (Å²) < 4.78 is 32.5. The molecule has 0 aliphatic heterocycles. The van der Waals surface area contributed by atoms with Gasteiger partial charge in [-0.1, -0.05) is 6.07 Å². The smallest absolute Gasteiger partial charge is 0.399 e. The molecule has 2 aromatic rings. The van der Waals surface area contributed by atoms with Gasteiger partial charge in [0.15, 0.2) is 11.9 Å². The molecule has 0 N–H and O–H groups in total. The third kappa shape index (κ3) is 1.78. The molecule has 15 heavy (non-hydrogen) atoms. The summed E-state index contributed by atoms with van der Waals surface area (Å²) in [5.74, 6) is 0. The first-order valence-electron chi connectivity index (χ1n) is 4.00. The molecular weight excluding hydrogens is 208 g/mol. The first-order chi connectivity index (χ1) is 7.20. The average Bonchev–Trinajstić information content (AvgIpc) is 2.58. The van der Waals surface area contributed by atoms with Crippen molar-refractivity contribution in [1.29, 1.82) is 0 Å². The molecule has 0 amide bonds. The maximum Gasteiger partial charge on any atom is 0.399 e. The Morgan fingerprint density at radius 3 is 2.93 bits per heavy atom. The summed E-state index contributed by atoms with van der Waals surface area (Å²) in [4.78, 5) is 14.2. The van der Waals surface area contributed by atoms with Gasteiger partial charge in [-0.2, -0.15) is 13.8 Å². The van der Waals surface area contributed by atoms with Gasteiger partial charge in [0.2, 0.25) is 0 Å². The lowest BCUT2D eigenvalue weighted by Crippen LogP contribution is -2.01. The number of alkyl halides is 2. The lowest BCUT2D eigenvalue weighted by Gasteiger charge is -1.94. The lowest BCUT2D eigenvalue weighted by atomic mass is 10.2. The summed E-state index contributed by atoms with van der Waals surface area (Å²) in [6, 6.07) is 4.57. The molecular formula is C9H5F2NO3. The van der Waals surface area contributed by atoms with Gasteiger partial charge < -0.3 is 9.15 Å². The largest absolute Gasteiger partial charge is 0.409 e. The first kappa shape index (κ1) is 9.57. The topological polar surface area (TPSA) is 52.3 Å². The van der Waals surface area contributed by atoms with E-state index in [1.54, 1.807) is 6.07 Å². The number of rotatable bonds is 3. The number of nitrogens with zero attached hydrogens (tertiary/aromatic N) is 1. The van der Waals surface area contributed by atoms with E-state index in [1.807, 2.05) is 0 Å². The molecule has 1 heterocycles. The molecule has 1 aromatic heterocycles. The van der Waals surface area contributed by atoms with Crippen LogP contribution in [0.25, 0.3) is 11.1 Å². The van der Waals surface area contributed by atoms with Crippen LogP contribution in [0.15, 0.2) is 22.6 Å². The second kappa shape index (κ2) is 3.64. The van der Waals surface area contributed by atoms with Crippen molar-refractivity contribution in [2.75, 3.05) is 0 Å². The van der Waals surface area contributed by atoms with Gasteiger partial charge in [0.25, 0.3) is 0 Å². The highest BCUT2D eigenvalue weighted by Gasteiger charge is 2.13. The molecule has 0 aliphatic rings. The van der Waals surface area contributed by atoms with Crippen LogP contribution in [0.1, 0.15) is 10.4 Å². The van der Waals surface area contributed by atoms with E-state index in [0.717, 1.165) is 0 Å². The summed E-state index contributed by atoms with van der Waals surface area (Å²) in [6.07, 6.45) is 0.0195. The number of ether oxygens (including phenoxy) is 1. The Hall–Kier alpha value is -1.98. The zero-order valence-electron chi connectivity index (χ0n) is 7.31. The van der Waals surface area contributed by atoms with Crippen LogP contribution in [-0.4, -0.2) is 17.9 Å². The monoisotopic (exact) mass is 213 g/mol. The van der Waals surface area contributed by atoms with Gasteiger partial charge >= 0.3 is 12.7 Å². The molecule has 0 fully saturated rings. The van der Waals surface area contributed by atoms with Crippen LogP contribution in [0.5, 0.6) is 6.08 Å². The fraction of sp³-hybridized carbons (Fsp3) is 0.111. The molecule has 0 saturated heterocycles. The Kier molecular flexibility index (Phi) is 2.32. The molecule has 0 aliphatic carbocycles. The van der Waals surface area contributed by atoms with Crippen LogP contribution in [0.4, 0.5) is 8.78 Å². The minimum atomic E-state index is -3.00. The van der Waals surface area contributed by atoms with Crippen molar-refractivity contribution in [2.24, 2.45) is 0 Å². The molecule has 1 aromatic carbocycles. The number of benzene rings is 1. The highest BCUT2D eigenvalue weighted by molar-refractivity contribution is 5.93. The van der Waals surface area contributed by atoms with Crippen LogP contribution in [-0.2, 0) is 0 Å². The second-order valence-corrected chi connectivity index (χ2v) is 2.67. The van der Waals surface area contributed by atoms with E-state index in [2.05, 4.69) is 9.72 Å². The highest BCUT2D eigenvalue weighted by atomic mass is 19.3. The number of hydrogen-bond acceptors (Lipinski definition) is 4. The van der Waals surface area contributed by atoms with Crippen molar-refractivity contribution < 1.29 is 22.7 Å². The number of carbonyl (C=O) groups is 1. The fourth-order valence-electron chi connectivity index (χ4n) is 1.17. The van der Waals surface area contributed by atoms with Crippen LogP contribution < -0.4 is 4.74 Å². The molecule has 4 nitrogen and oxygen atoms in total. The van der Waals surface area contributed by atoms with Crippen LogP contribution >= 0.6 is 0 Å². The number of halogens is 2. The van der Waals surface area contributed by atoms with E-state index in [1.165, 1.54) is 12.1 Å². The lowest BCUT2D eigenvalue weighted by molar-refractivity contribution is -0.0664. The normalized spacial score (nSPS) is 10.9. The second-order valence-electron chi connectivity index (χ2n) is 2.67. The number of fused-ring (bicyclic) bond motifs is 1. The number of aromatic nitrogens is 1. The molecule has 0 atom stereocenters. The number of aldehydes is 1.